The van der Waals surface area contributed by atoms with Crippen molar-refractivity contribution in [1.29, 1.82) is 0 Å². The predicted octanol–water partition coefficient (Wildman–Crippen LogP) is 2.62. The van der Waals surface area contributed by atoms with Crippen LogP contribution in [0.2, 0.25) is 0 Å². The molecule has 0 spiro atoms. The van der Waals surface area contributed by atoms with E-state index in [4.69, 9.17) is 24.9 Å². The summed E-state index contributed by atoms with van der Waals surface area (Å²) in [5.74, 6) is 0.286. The van der Waals surface area contributed by atoms with E-state index in [1.54, 1.807) is 6.08 Å². The van der Waals surface area contributed by atoms with Crippen LogP contribution in [0.1, 0.15) is 53.4 Å². The fourth-order valence-corrected chi connectivity index (χ4v) is 2.04. The average Bonchev–Trinajstić information content (AvgIpc) is 2.34. The fourth-order valence-electron chi connectivity index (χ4n) is 2.04. The van der Waals surface area contributed by atoms with Crippen LogP contribution in [0, 0.1) is 5.41 Å². The van der Waals surface area contributed by atoms with Gasteiger partial charge in [0.25, 0.3) is 0 Å². The first-order chi connectivity index (χ1) is 11.7. The van der Waals surface area contributed by atoms with Crippen molar-refractivity contribution in [2.75, 3.05) is 6.54 Å². The molecule has 0 unspecified atom stereocenters. The molecule has 0 heterocycles. The maximum Gasteiger partial charge on any atom is 0.404 e. The molecule has 0 saturated carbocycles. The Morgan fingerprint density at radius 3 is 1.81 bits per heavy atom. The summed E-state index contributed by atoms with van der Waals surface area (Å²) in [6.07, 6.45) is 1.90. The molecule has 0 aliphatic heterocycles. The maximum absolute atomic E-state index is 11.0. The largest absolute Gasteiger partial charge is 0.465 e. The molecule has 10 nitrogen and oxygen atoms in total. The molecule has 10 heteroatoms. The van der Waals surface area contributed by atoms with Crippen LogP contribution in [0.25, 0.3) is 0 Å². The smallest absolute Gasteiger partial charge is 0.404 e. The maximum atomic E-state index is 11.0. The van der Waals surface area contributed by atoms with Crippen LogP contribution in [0.5, 0.6) is 0 Å². The second-order valence-electron chi connectivity index (χ2n) is 6.24. The van der Waals surface area contributed by atoms with Crippen molar-refractivity contribution < 1.29 is 34.5 Å². The van der Waals surface area contributed by atoms with Crippen molar-refractivity contribution in [3.05, 3.63) is 11.6 Å². The van der Waals surface area contributed by atoms with Gasteiger partial charge in [-0.3, -0.25) is 4.79 Å². The predicted molar refractivity (Wildman–Crippen MR) is 97.1 cm³/mol. The van der Waals surface area contributed by atoms with Crippen molar-refractivity contribution in [2.24, 2.45) is 16.9 Å². The molecule has 0 radical (unpaired) electrons. The average molecular weight is 377 g/mol. The summed E-state index contributed by atoms with van der Waals surface area (Å²) in [5, 5.41) is 24.7. The van der Waals surface area contributed by atoms with Gasteiger partial charge in [0.05, 0.1) is 0 Å². The minimum absolute atomic E-state index is 0.204. The Hall–Kier alpha value is -2.78. The highest BCUT2D eigenvalue weighted by Crippen LogP contribution is 2.32. The van der Waals surface area contributed by atoms with Crippen molar-refractivity contribution in [1.82, 2.24) is 5.32 Å². The summed E-state index contributed by atoms with van der Waals surface area (Å²) < 4.78 is 0. The summed E-state index contributed by atoms with van der Waals surface area (Å²) >= 11 is 0. The van der Waals surface area contributed by atoms with Crippen LogP contribution in [-0.2, 0) is 4.79 Å². The van der Waals surface area contributed by atoms with Gasteiger partial charge < -0.3 is 32.1 Å². The van der Waals surface area contributed by atoms with Gasteiger partial charge in [-0.1, -0.05) is 32.8 Å². The summed E-state index contributed by atoms with van der Waals surface area (Å²) in [7, 11) is 0. The molecule has 0 saturated heterocycles. The summed E-state index contributed by atoms with van der Waals surface area (Å²) in [6, 6.07) is 0. The number of primary amides is 2. The van der Waals surface area contributed by atoms with Gasteiger partial charge in [-0.15, -0.1) is 0 Å². The van der Waals surface area contributed by atoms with E-state index in [9.17, 15) is 9.59 Å². The Bertz CT molecular complexity index is 468. The number of carbonyl (C=O) groups excluding carboxylic acids is 1. The molecular formula is C16H31N3O7. The Balaban J connectivity index is -0.000000296. The lowest BCUT2D eigenvalue weighted by atomic mass is 9.77. The van der Waals surface area contributed by atoms with Crippen LogP contribution in [-0.4, -0.2) is 45.9 Å². The van der Waals surface area contributed by atoms with Crippen molar-refractivity contribution in [2.45, 2.75) is 53.4 Å². The summed E-state index contributed by atoms with van der Waals surface area (Å²) in [6.45, 7) is 8.90. The van der Waals surface area contributed by atoms with E-state index in [2.05, 4.69) is 30.6 Å². The quantitative estimate of drug-likeness (QED) is 0.407. The highest BCUT2D eigenvalue weighted by atomic mass is 16.4. The lowest BCUT2D eigenvalue weighted by Gasteiger charge is -2.27. The molecule has 0 aromatic rings. The molecule has 1 rings (SSSR count). The van der Waals surface area contributed by atoms with E-state index in [0.29, 0.717) is 13.0 Å². The molecule has 0 aromatic heterocycles. The summed E-state index contributed by atoms with van der Waals surface area (Å²) in [4.78, 5) is 38.3. The van der Waals surface area contributed by atoms with Gasteiger partial charge in [0.1, 0.15) is 0 Å². The minimum atomic E-state index is -1.33. The number of nitrogens with one attached hydrogen (secondary N) is 1. The zero-order chi connectivity index (χ0) is 21.3. The number of hydrogen-bond acceptors (Lipinski definition) is 4. The Labute approximate surface area is 153 Å². The number of carbonyl (C=O) groups is 4. The number of carboxylic acid groups (broad SMARTS) is 3. The first-order valence-electron chi connectivity index (χ1n) is 7.87. The lowest BCUT2D eigenvalue weighted by Crippen LogP contribution is -2.21. The van der Waals surface area contributed by atoms with Crippen LogP contribution < -0.4 is 16.8 Å². The number of nitrogens with two attached hydrogens (primary N) is 2. The highest BCUT2D eigenvalue weighted by Gasteiger charge is 2.25. The van der Waals surface area contributed by atoms with Gasteiger partial charge >= 0.3 is 18.3 Å². The lowest BCUT2D eigenvalue weighted by molar-refractivity contribution is -0.117. The first kappa shape index (κ1) is 28.0. The van der Waals surface area contributed by atoms with Crippen LogP contribution in [0.3, 0.4) is 0 Å². The molecule has 0 aromatic carbocycles. The Morgan fingerprint density at radius 2 is 1.54 bits per heavy atom. The molecule has 1 aliphatic carbocycles. The van der Waals surface area contributed by atoms with E-state index in [1.807, 2.05) is 13.8 Å². The van der Waals surface area contributed by atoms with Crippen LogP contribution in [0.4, 0.5) is 14.4 Å². The number of rotatable bonds is 3. The number of hydrogen-bond donors (Lipinski definition) is 6. The second-order valence-corrected chi connectivity index (χ2v) is 6.24. The number of allylic oxidation sites excluding steroid dienone is 2. The van der Waals surface area contributed by atoms with E-state index in [1.165, 1.54) is 5.57 Å². The zero-order valence-electron chi connectivity index (χ0n) is 15.7. The van der Waals surface area contributed by atoms with Crippen LogP contribution in [0.15, 0.2) is 11.6 Å². The second kappa shape index (κ2) is 15.7. The molecule has 0 fully saturated rings. The monoisotopic (exact) mass is 377 g/mol. The third kappa shape index (κ3) is 33.0. The van der Waals surface area contributed by atoms with Gasteiger partial charge in [-0.2, -0.15) is 0 Å². The third-order valence-corrected chi connectivity index (χ3v) is 2.62. The van der Waals surface area contributed by atoms with Gasteiger partial charge in [-0.25, -0.2) is 14.4 Å². The molecule has 1 aliphatic rings. The first-order valence-corrected chi connectivity index (χ1v) is 7.87. The highest BCUT2D eigenvalue weighted by molar-refractivity contribution is 5.91. The normalized spacial score (nSPS) is 13.8. The van der Waals surface area contributed by atoms with Gasteiger partial charge in [0.2, 0.25) is 0 Å². The number of ketones is 1. The molecule has 26 heavy (non-hydrogen) atoms. The van der Waals surface area contributed by atoms with Gasteiger partial charge in [-0.05, 0) is 31.3 Å². The van der Waals surface area contributed by atoms with Crippen molar-refractivity contribution in [3.63, 3.8) is 0 Å². The van der Waals surface area contributed by atoms with Gasteiger partial charge in [0.15, 0.2) is 5.78 Å². The SMILES string of the molecule is CC1=CC(=O)CC(C)(C)C1.CCCCNC(=O)O.NC(=O)O.NC(=O)O. The fraction of sp³-hybridized carbons (Fsp3) is 0.625. The van der Waals surface area contributed by atoms with Crippen molar-refractivity contribution >= 4 is 24.1 Å². The van der Waals surface area contributed by atoms with E-state index < -0.39 is 18.3 Å². The standard InChI is InChI=1S/C9H14O.C5H11NO2.2CH3NO2/c1-7-4-8(10)6-9(2,3)5-7;1-2-3-4-6-5(7)8;2*2-1(3)4/h4H,5-6H2,1-3H3;6H,2-4H2,1H3,(H,7,8);2*2H2,(H,3,4). The Kier molecular flexibility index (Phi) is 17.0. The number of unbranched alkanes of at least 4 members (excludes halogenated alkanes) is 1. The Morgan fingerprint density at radius 1 is 1.12 bits per heavy atom. The molecule has 0 atom stereocenters. The van der Waals surface area contributed by atoms with E-state index in [-0.39, 0.29) is 11.2 Å². The van der Waals surface area contributed by atoms with Crippen molar-refractivity contribution in [3.8, 4) is 0 Å². The van der Waals surface area contributed by atoms with E-state index in [0.717, 1.165) is 19.3 Å². The van der Waals surface area contributed by atoms with Gasteiger partial charge in [0, 0.05) is 13.0 Å². The third-order valence-electron chi connectivity index (χ3n) is 2.62. The molecule has 3 amide bonds. The molecule has 8 N–H and O–H groups in total. The summed E-state index contributed by atoms with van der Waals surface area (Å²) in [5.41, 5.74) is 9.48. The molecular weight excluding hydrogens is 346 g/mol. The van der Waals surface area contributed by atoms with E-state index >= 15 is 0 Å². The zero-order valence-corrected chi connectivity index (χ0v) is 15.7. The molecule has 0 bridgehead atoms. The van der Waals surface area contributed by atoms with Crippen LogP contribution >= 0.6 is 0 Å². The number of amides is 3. The molecule has 152 valence electrons. The topological polar surface area (TPSA) is 193 Å². The minimum Gasteiger partial charge on any atom is -0.465 e.